The molecule has 38 heavy (non-hydrogen) atoms. The Hall–Kier alpha value is -3.85. The van der Waals surface area contributed by atoms with E-state index in [1.165, 1.54) is 6.07 Å². The monoisotopic (exact) mass is 519 g/mol. The Kier molecular flexibility index (Phi) is 7.12. The maximum Gasteiger partial charge on any atom is 0.250 e. The van der Waals surface area contributed by atoms with Gasteiger partial charge in [-0.25, -0.2) is 0 Å². The summed E-state index contributed by atoms with van der Waals surface area (Å²) >= 11 is 0. The molecular weight excluding hydrogens is 486 g/mol. The van der Waals surface area contributed by atoms with Crippen molar-refractivity contribution in [1.29, 1.82) is 0 Å². The molecule has 0 radical (unpaired) electrons. The van der Waals surface area contributed by atoms with E-state index >= 15 is 0 Å². The fourth-order valence-electron chi connectivity index (χ4n) is 5.83. The molecule has 1 saturated heterocycles. The summed E-state index contributed by atoms with van der Waals surface area (Å²) in [4.78, 5) is 39.3. The van der Waals surface area contributed by atoms with Crippen LogP contribution in [-0.2, 0) is 17.9 Å². The van der Waals surface area contributed by atoms with Gasteiger partial charge in [0.15, 0.2) is 5.76 Å². The van der Waals surface area contributed by atoms with E-state index in [4.69, 9.17) is 14.9 Å². The summed E-state index contributed by atoms with van der Waals surface area (Å²) in [6.45, 7) is 6.38. The van der Waals surface area contributed by atoms with Gasteiger partial charge >= 0.3 is 0 Å². The van der Waals surface area contributed by atoms with Gasteiger partial charge in [-0.2, -0.15) is 0 Å². The number of nitrogens with two attached hydrogens (primary N) is 1. The highest BCUT2D eigenvalue weighted by Gasteiger charge is 2.35. The van der Waals surface area contributed by atoms with Crippen LogP contribution in [0.1, 0.15) is 61.3 Å². The van der Waals surface area contributed by atoms with Gasteiger partial charge in [0.1, 0.15) is 11.5 Å². The Morgan fingerprint density at radius 1 is 1.13 bits per heavy atom. The van der Waals surface area contributed by atoms with Crippen molar-refractivity contribution < 1.29 is 19.1 Å². The number of nitrogens with zero attached hydrogens (tertiary/aromatic N) is 2. The predicted molar refractivity (Wildman–Crippen MR) is 141 cm³/mol. The molecule has 4 heterocycles. The first-order chi connectivity index (χ1) is 18.2. The number of piperidine rings is 1. The van der Waals surface area contributed by atoms with Crippen LogP contribution in [0, 0.1) is 5.92 Å². The largest absolute Gasteiger partial charge is 0.502 e. The van der Waals surface area contributed by atoms with Crippen molar-refractivity contribution in [3.05, 3.63) is 91.9 Å². The first kappa shape index (κ1) is 25.8. The van der Waals surface area contributed by atoms with E-state index in [1.54, 1.807) is 36.4 Å². The lowest BCUT2D eigenvalue weighted by molar-refractivity contribution is -0.118. The van der Waals surface area contributed by atoms with Crippen LogP contribution in [0.2, 0.25) is 0 Å². The minimum Gasteiger partial charge on any atom is -0.502 e. The van der Waals surface area contributed by atoms with Crippen LogP contribution in [0.25, 0.3) is 0 Å². The molecule has 0 unspecified atom stereocenters. The molecule has 2 bridgehead atoms. The van der Waals surface area contributed by atoms with E-state index in [-0.39, 0.29) is 29.8 Å². The number of ether oxygens (including phenoxy) is 1. The van der Waals surface area contributed by atoms with Crippen molar-refractivity contribution in [3.63, 3.8) is 0 Å². The third kappa shape index (κ3) is 5.38. The number of aromatic hydroxyl groups is 1. The van der Waals surface area contributed by atoms with E-state index in [0.717, 1.165) is 25.2 Å². The Balaban J connectivity index is 1.42. The second kappa shape index (κ2) is 10.5. The number of hydrogen-bond donors (Lipinski definition) is 2. The molecule has 200 valence electrons. The van der Waals surface area contributed by atoms with Crippen molar-refractivity contribution >= 4 is 5.91 Å². The highest BCUT2D eigenvalue weighted by molar-refractivity contribution is 5.75. The number of amides is 1. The van der Waals surface area contributed by atoms with Gasteiger partial charge in [0.25, 0.3) is 5.56 Å². The molecule has 0 aliphatic carbocycles. The van der Waals surface area contributed by atoms with Crippen LogP contribution >= 0.6 is 0 Å². The number of carbonyl (C=O) groups excluding carboxylic acids is 1. The fraction of sp³-hybridized carbons (Fsp3) is 0.414. The van der Waals surface area contributed by atoms with Crippen LogP contribution in [0.3, 0.4) is 0 Å². The Morgan fingerprint density at radius 3 is 2.61 bits per heavy atom. The number of benzene rings is 1. The highest BCUT2D eigenvalue weighted by atomic mass is 16.5. The zero-order chi connectivity index (χ0) is 27.0. The summed E-state index contributed by atoms with van der Waals surface area (Å²) in [6.07, 6.45) is 0.885. The fourth-order valence-corrected chi connectivity index (χ4v) is 5.83. The molecule has 2 aliphatic rings. The van der Waals surface area contributed by atoms with Crippen molar-refractivity contribution in [3.8, 4) is 11.5 Å². The normalized spacial score (nSPS) is 19.7. The number of rotatable bonds is 8. The maximum absolute atomic E-state index is 12.8. The summed E-state index contributed by atoms with van der Waals surface area (Å²) in [5.41, 5.74) is 6.72. The zero-order valence-electron chi connectivity index (χ0n) is 21.6. The molecule has 3 atom stereocenters. The van der Waals surface area contributed by atoms with E-state index in [1.807, 2.05) is 24.5 Å². The number of carbonyl (C=O) groups is 1. The molecule has 1 aromatic carbocycles. The number of likely N-dealkylation sites (tertiary alicyclic amines) is 1. The van der Waals surface area contributed by atoms with Gasteiger partial charge in [0.2, 0.25) is 17.1 Å². The van der Waals surface area contributed by atoms with E-state index in [0.29, 0.717) is 36.1 Å². The van der Waals surface area contributed by atoms with Gasteiger partial charge in [0, 0.05) is 49.8 Å². The third-order valence-electron chi connectivity index (χ3n) is 7.31. The molecule has 0 spiro atoms. The van der Waals surface area contributed by atoms with Gasteiger partial charge < -0.3 is 24.6 Å². The number of hydrogen-bond acceptors (Lipinski definition) is 7. The molecule has 9 nitrogen and oxygen atoms in total. The standard InChI is InChI=1S/C29H33N3O6/c1-17(2)37-21-8-6-19(7-9-21)23(12-26(30)34)29-28(36)25(33)11-22(38-29)16-31-13-18-10-20(15-31)24-4-3-5-27(35)32(24)14-18/h3-9,11,17-18,20,23,36H,10,12-16H2,1-2H3,(H2,30,34)/t18-,20+,23-/m1/s1. The average Bonchev–Trinajstić information content (AvgIpc) is 2.85. The van der Waals surface area contributed by atoms with Crippen molar-refractivity contribution in [1.82, 2.24) is 9.47 Å². The topological polar surface area (TPSA) is 128 Å². The summed E-state index contributed by atoms with van der Waals surface area (Å²) in [5, 5.41) is 10.7. The lowest BCUT2D eigenvalue weighted by Gasteiger charge is -2.42. The third-order valence-corrected chi connectivity index (χ3v) is 7.31. The second-order valence-corrected chi connectivity index (χ2v) is 10.6. The first-order valence-electron chi connectivity index (χ1n) is 13.0. The summed E-state index contributed by atoms with van der Waals surface area (Å²) < 4.78 is 13.7. The first-order valence-corrected chi connectivity index (χ1v) is 13.0. The van der Waals surface area contributed by atoms with Gasteiger partial charge in [-0.1, -0.05) is 18.2 Å². The highest BCUT2D eigenvalue weighted by Crippen LogP contribution is 2.37. The van der Waals surface area contributed by atoms with Gasteiger partial charge in [-0.15, -0.1) is 0 Å². The van der Waals surface area contributed by atoms with Gasteiger partial charge in [-0.05, 0) is 49.9 Å². The second-order valence-electron chi connectivity index (χ2n) is 10.6. The predicted octanol–water partition coefficient (Wildman–Crippen LogP) is 2.92. The van der Waals surface area contributed by atoms with Crippen LogP contribution in [0.15, 0.2) is 62.5 Å². The van der Waals surface area contributed by atoms with Gasteiger partial charge in [-0.3, -0.25) is 19.3 Å². The number of primary amides is 1. The molecular formula is C29H33N3O6. The van der Waals surface area contributed by atoms with Crippen molar-refractivity contribution in [2.45, 2.75) is 57.7 Å². The summed E-state index contributed by atoms with van der Waals surface area (Å²) in [7, 11) is 0. The summed E-state index contributed by atoms with van der Waals surface area (Å²) in [5.74, 6) is -0.199. The Morgan fingerprint density at radius 2 is 1.89 bits per heavy atom. The SMILES string of the molecule is CC(C)Oc1ccc([C@@H](CC(N)=O)c2oc(CN3C[C@H]4C[C@@H](C3)c3cccc(=O)n3C4)cc(=O)c2O)cc1. The quantitative estimate of drug-likeness (QED) is 0.468. The van der Waals surface area contributed by atoms with Crippen LogP contribution in [-0.4, -0.2) is 39.7 Å². The van der Waals surface area contributed by atoms with Crippen LogP contribution in [0.4, 0.5) is 0 Å². The molecule has 2 aliphatic heterocycles. The Bertz CT molecular complexity index is 1440. The van der Waals surface area contributed by atoms with Gasteiger partial charge in [0.05, 0.1) is 18.6 Å². The van der Waals surface area contributed by atoms with Crippen LogP contribution < -0.4 is 21.5 Å². The molecule has 1 fully saturated rings. The lowest BCUT2D eigenvalue weighted by Crippen LogP contribution is -2.46. The Labute approximate surface area is 220 Å². The van der Waals surface area contributed by atoms with Crippen LogP contribution in [0.5, 0.6) is 11.5 Å². The van der Waals surface area contributed by atoms with E-state index in [2.05, 4.69) is 4.90 Å². The molecule has 2 aromatic heterocycles. The molecule has 3 aromatic rings. The molecule has 9 heteroatoms. The smallest absolute Gasteiger partial charge is 0.250 e. The zero-order valence-corrected chi connectivity index (χ0v) is 21.6. The maximum atomic E-state index is 12.8. The summed E-state index contributed by atoms with van der Waals surface area (Å²) in [6, 6.07) is 13.8. The number of fused-ring (bicyclic) bond motifs is 4. The van der Waals surface area contributed by atoms with E-state index < -0.39 is 23.0 Å². The van der Waals surface area contributed by atoms with Crippen molar-refractivity contribution in [2.75, 3.05) is 13.1 Å². The number of pyridine rings is 1. The average molecular weight is 520 g/mol. The van der Waals surface area contributed by atoms with E-state index in [9.17, 15) is 19.5 Å². The minimum absolute atomic E-state index is 0.00441. The molecule has 3 N–H and O–H groups in total. The molecule has 1 amide bonds. The molecule has 0 saturated carbocycles. The molecule has 5 rings (SSSR count). The lowest BCUT2D eigenvalue weighted by atomic mass is 9.83. The van der Waals surface area contributed by atoms with Crippen molar-refractivity contribution in [2.24, 2.45) is 11.7 Å². The minimum atomic E-state index is -0.729. The number of aromatic nitrogens is 1.